The second-order valence-corrected chi connectivity index (χ2v) is 5.33. The van der Waals surface area contributed by atoms with E-state index in [1.807, 2.05) is 44.2 Å². The highest BCUT2D eigenvalue weighted by atomic mass is 16.6. The first kappa shape index (κ1) is 17.9. The number of aliphatic hydroxyl groups is 1. The Morgan fingerprint density at radius 1 is 1.23 bits per heavy atom. The quantitative estimate of drug-likeness (QED) is 0.618. The van der Waals surface area contributed by atoms with Crippen molar-refractivity contribution in [2.24, 2.45) is 0 Å². The van der Waals surface area contributed by atoms with Crippen LogP contribution in [0.25, 0.3) is 0 Å². The number of hydrogen-bond acceptors (Lipinski definition) is 5. The maximum Gasteiger partial charge on any atom is 0.339 e. The van der Waals surface area contributed by atoms with Gasteiger partial charge in [-0.2, -0.15) is 0 Å². The number of hydrogen-bond donors (Lipinski definition) is 1. The number of carbonyl (C=O) groups excluding carboxylic acids is 2. The van der Waals surface area contributed by atoms with Crippen molar-refractivity contribution in [1.82, 2.24) is 0 Å². The van der Waals surface area contributed by atoms with Gasteiger partial charge in [0.15, 0.2) is 5.60 Å². The number of carbonyl (C=O) groups is 2. The Morgan fingerprint density at radius 3 is 2.41 bits per heavy atom. The summed E-state index contributed by atoms with van der Waals surface area (Å²) in [5, 5.41) is 10.5. The van der Waals surface area contributed by atoms with Crippen molar-refractivity contribution >= 4 is 11.9 Å². The van der Waals surface area contributed by atoms with Gasteiger partial charge in [0, 0.05) is 6.42 Å². The lowest BCUT2D eigenvalue weighted by Crippen LogP contribution is -2.42. The van der Waals surface area contributed by atoms with Crippen molar-refractivity contribution in [3.05, 3.63) is 47.5 Å². The Bertz CT molecular complexity index is 531. The first-order valence-electron chi connectivity index (χ1n) is 7.01. The van der Waals surface area contributed by atoms with Gasteiger partial charge in [0.05, 0.1) is 13.5 Å². The molecule has 0 saturated carbocycles. The van der Waals surface area contributed by atoms with Crippen molar-refractivity contribution in [1.29, 1.82) is 0 Å². The van der Waals surface area contributed by atoms with Gasteiger partial charge in [0.1, 0.15) is 6.61 Å². The fourth-order valence-corrected chi connectivity index (χ4v) is 1.77. The van der Waals surface area contributed by atoms with Crippen LogP contribution in [0.1, 0.15) is 32.3 Å². The number of methoxy groups -OCH3 is 1. The van der Waals surface area contributed by atoms with Gasteiger partial charge in [0.2, 0.25) is 0 Å². The molecule has 1 rings (SSSR count). The van der Waals surface area contributed by atoms with Gasteiger partial charge in [-0.25, -0.2) is 4.79 Å². The number of ether oxygens (including phenoxy) is 2. The number of benzene rings is 1. The van der Waals surface area contributed by atoms with E-state index in [4.69, 9.17) is 4.74 Å². The van der Waals surface area contributed by atoms with E-state index in [-0.39, 0.29) is 13.0 Å². The Hall–Kier alpha value is -2.14. The summed E-state index contributed by atoms with van der Waals surface area (Å²) in [7, 11) is 1.21. The highest BCUT2D eigenvalue weighted by Crippen LogP contribution is 2.21. The van der Waals surface area contributed by atoms with Crippen LogP contribution in [0.15, 0.2) is 42.0 Å². The molecule has 0 unspecified atom stereocenters. The molecule has 120 valence electrons. The number of allylic oxidation sites excluding steroid dienone is 1. The van der Waals surface area contributed by atoms with Crippen molar-refractivity contribution < 1.29 is 24.2 Å². The van der Waals surface area contributed by atoms with Crippen LogP contribution in [0.4, 0.5) is 0 Å². The van der Waals surface area contributed by atoms with Crippen molar-refractivity contribution in [2.75, 3.05) is 7.11 Å². The molecule has 5 nitrogen and oxygen atoms in total. The molecule has 0 heterocycles. The summed E-state index contributed by atoms with van der Waals surface area (Å²) in [4.78, 5) is 23.6. The molecule has 1 N–H and O–H groups in total. The standard InChI is InChI=1S/C17H22O5/c1-13(2)9-10-17(20,11-15(18)21-3)16(19)22-12-14-7-5-4-6-8-14/h4-9,20H,10-12H2,1-3H3/t17-/m1/s1. The van der Waals surface area contributed by atoms with Crippen LogP contribution in [0, 0.1) is 0 Å². The zero-order valence-electron chi connectivity index (χ0n) is 13.2. The van der Waals surface area contributed by atoms with E-state index >= 15 is 0 Å². The number of rotatable bonds is 7. The minimum atomic E-state index is -1.92. The van der Waals surface area contributed by atoms with Gasteiger partial charge >= 0.3 is 11.9 Å². The van der Waals surface area contributed by atoms with Gasteiger partial charge in [-0.3, -0.25) is 4.79 Å². The highest BCUT2D eigenvalue weighted by Gasteiger charge is 2.39. The molecule has 0 aliphatic rings. The minimum Gasteiger partial charge on any atom is -0.469 e. The summed E-state index contributed by atoms with van der Waals surface area (Å²) in [6.07, 6.45) is 1.24. The second kappa shape index (κ2) is 8.34. The smallest absolute Gasteiger partial charge is 0.339 e. The molecule has 0 aromatic heterocycles. The Kier molecular flexibility index (Phi) is 6.79. The molecule has 1 atom stereocenters. The summed E-state index contributed by atoms with van der Waals surface area (Å²) in [5.41, 5.74) is -0.184. The monoisotopic (exact) mass is 306 g/mol. The third kappa shape index (κ3) is 5.69. The molecule has 0 saturated heterocycles. The Labute approximate surface area is 130 Å². The summed E-state index contributed by atoms with van der Waals surface area (Å²) < 4.78 is 9.68. The van der Waals surface area contributed by atoms with Crippen LogP contribution in [0.2, 0.25) is 0 Å². The Balaban J connectivity index is 2.78. The van der Waals surface area contributed by atoms with Crippen LogP contribution < -0.4 is 0 Å². The maximum atomic E-state index is 12.2. The fourth-order valence-electron chi connectivity index (χ4n) is 1.77. The normalized spacial score (nSPS) is 12.9. The summed E-state index contributed by atoms with van der Waals surface area (Å²) in [6, 6.07) is 9.12. The second-order valence-electron chi connectivity index (χ2n) is 5.33. The average molecular weight is 306 g/mol. The predicted octanol–water partition coefficient (Wildman–Crippen LogP) is 2.38. The van der Waals surface area contributed by atoms with Gasteiger partial charge in [-0.05, 0) is 19.4 Å². The first-order chi connectivity index (χ1) is 10.4. The van der Waals surface area contributed by atoms with Crippen LogP contribution in [0.3, 0.4) is 0 Å². The molecular weight excluding hydrogens is 284 g/mol. The topological polar surface area (TPSA) is 72.8 Å². The molecule has 0 fully saturated rings. The molecule has 0 aliphatic heterocycles. The first-order valence-corrected chi connectivity index (χ1v) is 7.01. The van der Waals surface area contributed by atoms with Gasteiger partial charge in [0.25, 0.3) is 0 Å². The molecule has 0 radical (unpaired) electrons. The SMILES string of the molecule is COC(=O)C[C@](O)(CC=C(C)C)C(=O)OCc1ccccc1. The van der Waals surface area contributed by atoms with Crippen LogP contribution >= 0.6 is 0 Å². The largest absolute Gasteiger partial charge is 0.469 e. The van der Waals surface area contributed by atoms with E-state index in [2.05, 4.69) is 4.74 Å². The van der Waals surface area contributed by atoms with Crippen molar-refractivity contribution in [3.8, 4) is 0 Å². The molecule has 0 bridgehead atoms. The summed E-state index contributed by atoms with van der Waals surface area (Å²) in [5.74, 6) is -1.50. The van der Waals surface area contributed by atoms with Crippen LogP contribution in [0.5, 0.6) is 0 Å². The van der Waals surface area contributed by atoms with E-state index in [9.17, 15) is 14.7 Å². The maximum absolute atomic E-state index is 12.2. The molecule has 0 spiro atoms. The van der Waals surface area contributed by atoms with Gasteiger partial charge < -0.3 is 14.6 Å². The lowest BCUT2D eigenvalue weighted by atomic mass is 9.94. The van der Waals surface area contributed by atoms with E-state index < -0.39 is 24.0 Å². The molecule has 22 heavy (non-hydrogen) atoms. The van der Waals surface area contributed by atoms with E-state index in [1.54, 1.807) is 6.08 Å². The van der Waals surface area contributed by atoms with E-state index in [0.29, 0.717) is 0 Å². The third-order valence-corrected chi connectivity index (χ3v) is 3.11. The van der Waals surface area contributed by atoms with Crippen molar-refractivity contribution in [2.45, 2.75) is 38.9 Å². The molecule has 0 aliphatic carbocycles. The van der Waals surface area contributed by atoms with E-state index in [1.165, 1.54) is 7.11 Å². The molecule has 1 aromatic rings. The van der Waals surface area contributed by atoms with Crippen LogP contribution in [-0.2, 0) is 25.7 Å². The third-order valence-electron chi connectivity index (χ3n) is 3.11. The van der Waals surface area contributed by atoms with Gasteiger partial charge in [-0.15, -0.1) is 0 Å². The minimum absolute atomic E-state index is 0.00193. The predicted molar refractivity (Wildman–Crippen MR) is 81.9 cm³/mol. The average Bonchev–Trinajstić information content (AvgIpc) is 2.51. The molecule has 0 amide bonds. The summed E-state index contributed by atoms with van der Waals surface area (Å²) >= 11 is 0. The molecule has 1 aromatic carbocycles. The van der Waals surface area contributed by atoms with Gasteiger partial charge in [-0.1, -0.05) is 42.0 Å². The fraction of sp³-hybridized carbons (Fsp3) is 0.412. The highest BCUT2D eigenvalue weighted by molar-refractivity contribution is 5.85. The van der Waals surface area contributed by atoms with Crippen LogP contribution in [-0.4, -0.2) is 29.8 Å². The number of esters is 2. The summed E-state index contributed by atoms with van der Waals surface area (Å²) in [6.45, 7) is 3.72. The molecular formula is C17H22O5. The Morgan fingerprint density at radius 2 is 1.86 bits per heavy atom. The lowest BCUT2D eigenvalue weighted by Gasteiger charge is -2.23. The van der Waals surface area contributed by atoms with E-state index in [0.717, 1.165) is 11.1 Å². The zero-order valence-corrected chi connectivity index (χ0v) is 13.2. The lowest BCUT2D eigenvalue weighted by molar-refractivity contribution is -0.172. The zero-order chi connectivity index (χ0) is 16.6. The molecule has 5 heteroatoms. The van der Waals surface area contributed by atoms with Crippen molar-refractivity contribution in [3.63, 3.8) is 0 Å².